The maximum atomic E-state index is 4.65. The summed E-state index contributed by atoms with van der Waals surface area (Å²) in [5.74, 6) is 1.17. The number of hydrogen-bond donors (Lipinski definition) is 1. The summed E-state index contributed by atoms with van der Waals surface area (Å²) in [6.45, 7) is 10.4. The number of nitrogens with zero attached hydrogens (tertiary/aromatic N) is 3. The van der Waals surface area contributed by atoms with Crippen molar-refractivity contribution in [1.82, 2.24) is 19.8 Å². The van der Waals surface area contributed by atoms with Crippen LogP contribution in [0.3, 0.4) is 0 Å². The van der Waals surface area contributed by atoms with E-state index in [2.05, 4.69) is 53.8 Å². The molecule has 0 amide bonds. The summed E-state index contributed by atoms with van der Waals surface area (Å²) in [5, 5.41) is 3.78. The fourth-order valence-electron chi connectivity index (χ4n) is 3.55. The van der Waals surface area contributed by atoms with Crippen molar-refractivity contribution in [2.45, 2.75) is 64.5 Å². The number of piperidine rings is 1. The lowest BCUT2D eigenvalue weighted by molar-refractivity contribution is 0.0389. The van der Waals surface area contributed by atoms with Gasteiger partial charge < -0.3 is 9.88 Å². The van der Waals surface area contributed by atoms with E-state index in [0.29, 0.717) is 6.04 Å². The monoisotopic (exact) mass is 292 g/mol. The van der Waals surface area contributed by atoms with Crippen LogP contribution in [0.15, 0.2) is 12.4 Å². The number of imidazole rings is 1. The van der Waals surface area contributed by atoms with Crippen molar-refractivity contribution in [2.75, 3.05) is 19.6 Å². The van der Waals surface area contributed by atoms with Crippen LogP contribution in [0.4, 0.5) is 0 Å². The highest BCUT2D eigenvalue weighted by molar-refractivity contribution is 5.09. The van der Waals surface area contributed by atoms with Gasteiger partial charge in [0, 0.05) is 25.0 Å². The average Bonchev–Trinajstić information content (AvgIpc) is 2.94. The van der Waals surface area contributed by atoms with Gasteiger partial charge in [0.2, 0.25) is 0 Å². The van der Waals surface area contributed by atoms with Gasteiger partial charge in [0.25, 0.3) is 0 Å². The van der Waals surface area contributed by atoms with E-state index in [0.717, 1.165) is 19.4 Å². The molecule has 1 aromatic rings. The second kappa shape index (κ2) is 7.41. The summed E-state index contributed by atoms with van der Waals surface area (Å²) in [4.78, 5) is 7.34. The molecular formula is C17H32N4. The van der Waals surface area contributed by atoms with Crippen molar-refractivity contribution in [2.24, 2.45) is 7.05 Å². The maximum absolute atomic E-state index is 4.65. The molecule has 1 aromatic heterocycles. The summed E-state index contributed by atoms with van der Waals surface area (Å²) >= 11 is 0. The lowest BCUT2D eigenvalue weighted by Crippen LogP contribution is -2.56. The Kier molecular flexibility index (Phi) is 5.82. The van der Waals surface area contributed by atoms with E-state index >= 15 is 0 Å². The maximum Gasteiger partial charge on any atom is 0.127 e. The van der Waals surface area contributed by atoms with Crippen LogP contribution in [-0.4, -0.2) is 39.6 Å². The number of aromatic nitrogens is 2. The molecule has 0 aromatic carbocycles. The average molecular weight is 292 g/mol. The normalized spacial score (nSPS) is 21.1. The van der Waals surface area contributed by atoms with Crippen molar-refractivity contribution in [1.29, 1.82) is 0 Å². The minimum Gasteiger partial charge on any atom is -0.337 e. The highest BCUT2D eigenvalue weighted by Crippen LogP contribution is 2.35. The van der Waals surface area contributed by atoms with Gasteiger partial charge in [-0.15, -0.1) is 0 Å². The summed E-state index contributed by atoms with van der Waals surface area (Å²) in [5.41, 5.74) is 0.134. The Morgan fingerprint density at radius 1 is 1.29 bits per heavy atom. The van der Waals surface area contributed by atoms with Gasteiger partial charge in [0.1, 0.15) is 5.82 Å². The van der Waals surface area contributed by atoms with E-state index in [4.69, 9.17) is 0 Å². The van der Waals surface area contributed by atoms with Crippen LogP contribution in [0.25, 0.3) is 0 Å². The molecule has 1 aliphatic heterocycles. The van der Waals surface area contributed by atoms with Crippen LogP contribution in [0, 0.1) is 0 Å². The Balaban J connectivity index is 2.29. The molecule has 1 aliphatic rings. The van der Waals surface area contributed by atoms with E-state index in [1.54, 1.807) is 0 Å². The van der Waals surface area contributed by atoms with Crippen molar-refractivity contribution >= 4 is 0 Å². The number of hydrogen-bond acceptors (Lipinski definition) is 3. The zero-order chi connectivity index (χ0) is 15.3. The minimum absolute atomic E-state index is 0.134. The van der Waals surface area contributed by atoms with E-state index in [1.165, 1.54) is 38.2 Å². The van der Waals surface area contributed by atoms with Crippen LogP contribution in [0.1, 0.15) is 64.7 Å². The Morgan fingerprint density at radius 3 is 2.52 bits per heavy atom. The number of nitrogens with one attached hydrogen (secondary N) is 1. The summed E-state index contributed by atoms with van der Waals surface area (Å²) in [6, 6.07) is 0.292. The Bertz CT molecular complexity index is 422. The minimum atomic E-state index is 0.134. The predicted molar refractivity (Wildman–Crippen MR) is 88.4 cm³/mol. The molecule has 0 bridgehead atoms. The van der Waals surface area contributed by atoms with Crippen LogP contribution >= 0.6 is 0 Å². The lowest BCUT2D eigenvalue weighted by Gasteiger charge is -2.48. The van der Waals surface area contributed by atoms with Crippen molar-refractivity contribution in [3.05, 3.63) is 18.2 Å². The third-order valence-corrected chi connectivity index (χ3v) is 5.13. The molecule has 4 heteroatoms. The number of likely N-dealkylation sites (tertiary alicyclic amines) is 1. The van der Waals surface area contributed by atoms with Gasteiger partial charge in [-0.2, -0.15) is 0 Å². The van der Waals surface area contributed by atoms with Gasteiger partial charge in [-0.05, 0) is 52.2 Å². The van der Waals surface area contributed by atoms with E-state index in [1.807, 2.05) is 6.20 Å². The highest BCUT2D eigenvalue weighted by atomic mass is 15.2. The van der Waals surface area contributed by atoms with Gasteiger partial charge >= 0.3 is 0 Å². The summed E-state index contributed by atoms with van der Waals surface area (Å²) in [7, 11) is 2.11. The SMILES string of the molecule is CCCNC(c1nccn1C)C(C)(CC)N1CCCCC1. The Hall–Kier alpha value is -0.870. The van der Waals surface area contributed by atoms with Crippen molar-refractivity contribution in [3.63, 3.8) is 0 Å². The summed E-state index contributed by atoms with van der Waals surface area (Å²) in [6.07, 6.45) is 10.3. The predicted octanol–water partition coefficient (Wildman–Crippen LogP) is 3.12. The smallest absolute Gasteiger partial charge is 0.127 e. The standard InChI is InChI=1S/C17H32N4/c1-5-10-18-15(16-19-11-14-20(16)4)17(3,6-2)21-12-8-7-9-13-21/h11,14-15,18H,5-10,12-13H2,1-4H3. The molecule has 4 nitrogen and oxygen atoms in total. The molecule has 120 valence electrons. The quantitative estimate of drug-likeness (QED) is 0.838. The van der Waals surface area contributed by atoms with Crippen LogP contribution in [0.5, 0.6) is 0 Å². The zero-order valence-corrected chi connectivity index (χ0v) is 14.2. The molecule has 1 N–H and O–H groups in total. The molecule has 0 spiro atoms. The molecule has 2 unspecified atom stereocenters. The molecule has 2 heterocycles. The van der Waals surface area contributed by atoms with Gasteiger partial charge in [-0.25, -0.2) is 4.98 Å². The Labute approximate surface area is 129 Å². The van der Waals surface area contributed by atoms with Gasteiger partial charge in [-0.1, -0.05) is 20.3 Å². The van der Waals surface area contributed by atoms with Gasteiger partial charge in [-0.3, -0.25) is 4.90 Å². The largest absolute Gasteiger partial charge is 0.337 e. The highest BCUT2D eigenvalue weighted by Gasteiger charge is 2.41. The fourth-order valence-corrected chi connectivity index (χ4v) is 3.55. The first-order chi connectivity index (χ1) is 10.1. The first-order valence-corrected chi connectivity index (χ1v) is 8.59. The second-order valence-corrected chi connectivity index (χ2v) is 6.54. The third-order valence-electron chi connectivity index (χ3n) is 5.13. The van der Waals surface area contributed by atoms with Gasteiger partial charge in [0.15, 0.2) is 0 Å². The topological polar surface area (TPSA) is 33.1 Å². The zero-order valence-electron chi connectivity index (χ0n) is 14.2. The van der Waals surface area contributed by atoms with Crippen LogP contribution < -0.4 is 5.32 Å². The van der Waals surface area contributed by atoms with Crippen LogP contribution in [0.2, 0.25) is 0 Å². The van der Waals surface area contributed by atoms with E-state index < -0.39 is 0 Å². The first-order valence-electron chi connectivity index (χ1n) is 8.59. The molecule has 2 atom stereocenters. The molecule has 0 aliphatic carbocycles. The van der Waals surface area contributed by atoms with E-state index in [-0.39, 0.29) is 5.54 Å². The lowest BCUT2D eigenvalue weighted by atomic mass is 9.84. The molecule has 1 fully saturated rings. The number of aryl methyl sites for hydroxylation is 1. The Morgan fingerprint density at radius 2 is 2.00 bits per heavy atom. The van der Waals surface area contributed by atoms with E-state index in [9.17, 15) is 0 Å². The van der Waals surface area contributed by atoms with Gasteiger partial charge in [0.05, 0.1) is 6.04 Å². The molecule has 0 saturated carbocycles. The second-order valence-electron chi connectivity index (χ2n) is 6.54. The first kappa shape index (κ1) is 16.5. The van der Waals surface area contributed by atoms with Crippen molar-refractivity contribution in [3.8, 4) is 0 Å². The van der Waals surface area contributed by atoms with Crippen molar-refractivity contribution < 1.29 is 0 Å². The molecule has 1 saturated heterocycles. The number of rotatable bonds is 7. The third kappa shape index (κ3) is 3.49. The van der Waals surface area contributed by atoms with Crippen LogP contribution in [-0.2, 0) is 7.05 Å². The fraction of sp³-hybridized carbons (Fsp3) is 0.824. The molecule has 0 radical (unpaired) electrons. The molecular weight excluding hydrogens is 260 g/mol. The summed E-state index contributed by atoms with van der Waals surface area (Å²) < 4.78 is 2.17. The molecule has 21 heavy (non-hydrogen) atoms. The molecule has 2 rings (SSSR count).